The van der Waals surface area contributed by atoms with Crippen LogP contribution >= 0.6 is 11.6 Å². The molecule has 1 N–H and O–H groups in total. The molecule has 1 amide bonds. The molecule has 3 aliphatic rings. The molecule has 0 atom stereocenters. The minimum Gasteiger partial charge on any atom is -0.333 e. The van der Waals surface area contributed by atoms with Gasteiger partial charge in [0.25, 0.3) is 5.91 Å². The van der Waals surface area contributed by atoms with Gasteiger partial charge >= 0.3 is 0 Å². The molecule has 3 aliphatic heterocycles. The van der Waals surface area contributed by atoms with Crippen LogP contribution in [0.2, 0.25) is 5.02 Å². The number of hydrogen-bond acceptors (Lipinski definition) is 4. The number of nitrogens with zero attached hydrogens (tertiary/aromatic N) is 4. The molecule has 1 aromatic heterocycles. The van der Waals surface area contributed by atoms with Gasteiger partial charge in [-0.1, -0.05) is 11.6 Å². The zero-order valence-electron chi connectivity index (χ0n) is 12.9. The number of amides is 1. The first-order chi connectivity index (χ1) is 10.6. The molecular weight excluding hydrogens is 302 g/mol. The van der Waals surface area contributed by atoms with E-state index in [1.54, 1.807) is 0 Å². The molecule has 2 saturated heterocycles. The van der Waals surface area contributed by atoms with E-state index in [1.165, 1.54) is 6.42 Å². The highest BCUT2D eigenvalue weighted by molar-refractivity contribution is 6.34. The van der Waals surface area contributed by atoms with Crippen molar-refractivity contribution < 1.29 is 4.79 Å². The van der Waals surface area contributed by atoms with Crippen LogP contribution in [0.5, 0.6) is 0 Å². The number of halogens is 1. The summed E-state index contributed by atoms with van der Waals surface area (Å²) >= 11 is 6.48. The summed E-state index contributed by atoms with van der Waals surface area (Å²) in [5, 5.41) is 8.57. The van der Waals surface area contributed by atoms with Crippen molar-refractivity contribution in [3.63, 3.8) is 0 Å². The Bertz CT molecular complexity index is 599. The predicted octanol–water partition coefficient (Wildman–Crippen LogP) is 0.950. The van der Waals surface area contributed by atoms with Gasteiger partial charge in [0.05, 0.1) is 16.3 Å². The van der Waals surface area contributed by atoms with Gasteiger partial charge in [-0.15, -0.1) is 0 Å². The Labute approximate surface area is 135 Å². The number of likely N-dealkylation sites (tertiary alicyclic amines) is 1. The molecule has 1 spiro atoms. The highest BCUT2D eigenvalue weighted by Crippen LogP contribution is 2.33. The number of carbonyl (C=O) groups excluding carboxylic acids is 1. The summed E-state index contributed by atoms with van der Waals surface area (Å²) < 4.78 is 1.92. The first-order valence-electron chi connectivity index (χ1n) is 8.06. The molecule has 7 heteroatoms. The van der Waals surface area contributed by atoms with E-state index in [4.69, 9.17) is 11.6 Å². The number of hydrogen-bond donors (Lipinski definition) is 1. The smallest absolute Gasteiger partial charge is 0.276 e. The molecular formula is C15H22ClN5O. The first kappa shape index (κ1) is 14.5. The molecule has 2 fully saturated rings. The molecule has 0 saturated carbocycles. The monoisotopic (exact) mass is 323 g/mol. The zero-order chi connectivity index (χ0) is 15.3. The third kappa shape index (κ3) is 2.25. The van der Waals surface area contributed by atoms with Crippen molar-refractivity contribution in [3.05, 3.63) is 16.4 Å². The van der Waals surface area contributed by atoms with Crippen LogP contribution in [0.15, 0.2) is 0 Å². The summed E-state index contributed by atoms with van der Waals surface area (Å²) in [4.78, 5) is 16.8. The molecule has 22 heavy (non-hydrogen) atoms. The van der Waals surface area contributed by atoms with Crippen LogP contribution in [0.25, 0.3) is 0 Å². The number of fused-ring (bicyclic) bond motifs is 1. The lowest BCUT2D eigenvalue weighted by atomic mass is 9.88. The van der Waals surface area contributed by atoms with E-state index in [1.807, 2.05) is 9.58 Å². The summed E-state index contributed by atoms with van der Waals surface area (Å²) in [6, 6.07) is 0. The van der Waals surface area contributed by atoms with E-state index in [0.717, 1.165) is 57.8 Å². The van der Waals surface area contributed by atoms with Crippen molar-refractivity contribution >= 4 is 17.5 Å². The minimum atomic E-state index is -0.0208. The minimum absolute atomic E-state index is 0.0208. The molecule has 120 valence electrons. The molecule has 0 aliphatic carbocycles. The fraction of sp³-hybridized carbons (Fsp3) is 0.733. The van der Waals surface area contributed by atoms with E-state index < -0.39 is 0 Å². The van der Waals surface area contributed by atoms with Crippen LogP contribution in [0, 0.1) is 0 Å². The summed E-state index contributed by atoms with van der Waals surface area (Å²) in [6.45, 7) is 5.24. The Hall–Kier alpha value is -1.11. The summed E-state index contributed by atoms with van der Waals surface area (Å²) in [5.41, 5.74) is 1.57. The molecule has 1 aromatic rings. The second kappa shape index (κ2) is 5.22. The SMILES string of the molecule is CN1CCCn2nc(C(=O)N3CC4(CCCN4)C3)c(Cl)c2C1. The van der Waals surface area contributed by atoms with Gasteiger partial charge in [0.15, 0.2) is 5.69 Å². The Morgan fingerprint density at radius 2 is 2.14 bits per heavy atom. The number of aryl methyl sites for hydroxylation is 1. The van der Waals surface area contributed by atoms with Gasteiger partial charge in [0, 0.05) is 32.7 Å². The number of nitrogens with one attached hydrogen (secondary N) is 1. The van der Waals surface area contributed by atoms with E-state index >= 15 is 0 Å². The fourth-order valence-corrected chi connectivity index (χ4v) is 4.17. The standard InChI is InChI=1S/C15H22ClN5O/c1-19-6-3-7-21-11(8-19)12(16)13(18-21)14(22)20-9-15(10-20)4-2-5-17-15/h17H,2-10H2,1H3. The lowest BCUT2D eigenvalue weighted by molar-refractivity contribution is 0.0347. The van der Waals surface area contributed by atoms with Gasteiger partial charge in [-0.05, 0) is 32.9 Å². The highest BCUT2D eigenvalue weighted by atomic mass is 35.5. The lowest BCUT2D eigenvalue weighted by Gasteiger charge is -2.48. The van der Waals surface area contributed by atoms with Crippen LogP contribution < -0.4 is 5.32 Å². The number of aromatic nitrogens is 2. The zero-order valence-corrected chi connectivity index (χ0v) is 13.7. The topological polar surface area (TPSA) is 53.4 Å². The third-order valence-corrected chi connectivity index (χ3v) is 5.53. The molecule has 0 aromatic carbocycles. The second-order valence-electron chi connectivity index (χ2n) is 6.90. The van der Waals surface area contributed by atoms with Crippen molar-refractivity contribution in [1.29, 1.82) is 0 Å². The first-order valence-corrected chi connectivity index (χ1v) is 8.44. The highest BCUT2D eigenvalue weighted by Gasteiger charge is 2.47. The second-order valence-corrected chi connectivity index (χ2v) is 7.27. The molecule has 0 radical (unpaired) electrons. The van der Waals surface area contributed by atoms with Crippen molar-refractivity contribution in [2.45, 2.75) is 37.9 Å². The normalized spacial score (nSPS) is 24.2. The van der Waals surface area contributed by atoms with Gasteiger partial charge in [0.1, 0.15) is 0 Å². The summed E-state index contributed by atoms with van der Waals surface area (Å²) in [7, 11) is 2.07. The molecule has 4 heterocycles. The van der Waals surface area contributed by atoms with Crippen LogP contribution in [-0.4, -0.2) is 64.3 Å². The molecule has 0 bridgehead atoms. The van der Waals surface area contributed by atoms with Gasteiger partial charge in [-0.2, -0.15) is 5.10 Å². The Morgan fingerprint density at radius 1 is 1.32 bits per heavy atom. The molecule has 4 rings (SSSR count). The van der Waals surface area contributed by atoms with Crippen molar-refractivity contribution in [2.24, 2.45) is 0 Å². The average molecular weight is 324 g/mol. The number of rotatable bonds is 1. The maximum atomic E-state index is 12.7. The van der Waals surface area contributed by atoms with Crippen LogP contribution in [-0.2, 0) is 13.1 Å². The van der Waals surface area contributed by atoms with Crippen LogP contribution in [0.1, 0.15) is 35.4 Å². The van der Waals surface area contributed by atoms with Gasteiger partial charge < -0.3 is 15.1 Å². The van der Waals surface area contributed by atoms with Gasteiger partial charge in [-0.25, -0.2) is 0 Å². The van der Waals surface area contributed by atoms with Crippen molar-refractivity contribution in [2.75, 3.05) is 33.2 Å². The lowest BCUT2D eigenvalue weighted by Crippen LogP contribution is -2.68. The molecule has 0 unspecified atom stereocenters. The van der Waals surface area contributed by atoms with E-state index in [0.29, 0.717) is 10.7 Å². The van der Waals surface area contributed by atoms with E-state index in [9.17, 15) is 4.79 Å². The maximum Gasteiger partial charge on any atom is 0.276 e. The summed E-state index contributed by atoms with van der Waals surface area (Å²) in [5.74, 6) is -0.0208. The van der Waals surface area contributed by atoms with Crippen LogP contribution in [0.4, 0.5) is 0 Å². The number of carbonyl (C=O) groups is 1. The molecule has 6 nitrogen and oxygen atoms in total. The fourth-order valence-electron chi connectivity index (χ4n) is 3.89. The quantitative estimate of drug-likeness (QED) is 0.836. The van der Waals surface area contributed by atoms with Gasteiger partial charge in [-0.3, -0.25) is 9.48 Å². The average Bonchev–Trinajstić information content (AvgIpc) is 3.00. The maximum absolute atomic E-state index is 12.7. The van der Waals surface area contributed by atoms with E-state index in [-0.39, 0.29) is 11.4 Å². The van der Waals surface area contributed by atoms with Crippen LogP contribution in [0.3, 0.4) is 0 Å². The Kier molecular flexibility index (Phi) is 3.43. The Balaban J connectivity index is 1.53. The predicted molar refractivity (Wildman–Crippen MR) is 84.1 cm³/mol. The van der Waals surface area contributed by atoms with Crippen molar-refractivity contribution in [1.82, 2.24) is 24.9 Å². The Morgan fingerprint density at radius 3 is 2.86 bits per heavy atom. The van der Waals surface area contributed by atoms with E-state index in [2.05, 4.69) is 22.4 Å². The van der Waals surface area contributed by atoms with Gasteiger partial charge in [0.2, 0.25) is 0 Å². The van der Waals surface area contributed by atoms with Crippen molar-refractivity contribution in [3.8, 4) is 0 Å². The largest absolute Gasteiger partial charge is 0.333 e. The third-order valence-electron chi connectivity index (χ3n) is 5.13. The summed E-state index contributed by atoms with van der Waals surface area (Å²) in [6.07, 6.45) is 3.40.